The van der Waals surface area contributed by atoms with Crippen molar-refractivity contribution < 1.29 is 0 Å². The Hall–Kier alpha value is -1.16. The van der Waals surface area contributed by atoms with Crippen LogP contribution >= 0.6 is 12.2 Å². The maximum atomic E-state index is 5.77. The molecule has 1 heterocycles. The second-order valence-corrected chi connectivity index (χ2v) is 5.77. The summed E-state index contributed by atoms with van der Waals surface area (Å²) in [5, 5.41) is 3.40. The van der Waals surface area contributed by atoms with E-state index < -0.39 is 0 Å². The number of hydrogen-bond donors (Lipinski definition) is 2. The van der Waals surface area contributed by atoms with Crippen molar-refractivity contribution in [2.75, 3.05) is 11.9 Å². The van der Waals surface area contributed by atoms with Gasteiger partial charge in [0.15, 0.2) is 0 Å². The molecule has 1 fully saturated rings. The first-order chi connectivity index (χ1) is 7.91. The first-order valence-electron chi connectivity index (χ1n) is 5.93. The van der Waals surface area contributed by atoms with Crippen molar-refractivity contribution in [3.05, 3.63) is 22.9 Å². The van der Waals surface area contributed by atoms with Crippen LogP contribution in [-0.4, -0.2) is 16.5 Å². The van der Waals surface area contributed by atoms with E-state index in [4.69, 9.17) is 18.0 Å². The number of nitrogens with zero attached hydrogens (tertiary/aromatic N) is 1. The SMILES string of the molecule is Cc1cc(C)c(C(N)=S)c(NCC2(C)CC2)n1. The molecule has 0 amide bonds. The average Bonchev–Trinajstić information content (AvgIpc) is 2.92. The highest BCUT2D eigenvalue weighted by atomic mass is 32.1. The van der Waals surface area contributed by atoms with Gasteiger partial charge in [-0.1, -0.05) is 19.1 Å². The number of aryl methyl sites for hydroxylation is 2. The van der Waals surface area contributed by atoms with E-state index in [-0.39, 0.29) is 0 Å². The van der Waals surface area contributed by atoms with E-state index in [9.17, 15) is 0 Å². The summed E-state index contributed by atoms with van der Waals surface area (Å²) in [7, 11) is 0. The molecule has 4 heteroatoms. The minimum absolute atomic E-state index is 0.415. The predicted molar refractivity (Wildman–Crippen MR) is 75.4 cm³/mol. The minimum atomic E-state index is 0.415. The molecule has 0 radical (unpaired) electrons. The van der Waals surface area contributed by atoms with E-state index in [0.29, 0.717) is 10.4 Å². The Morgan fingerprint density at radius 1 is 1.53 bits per heavy atom. The molecule has 1 aliphatic carbocycles. The molecule has 17 heavy (non-hydrogen) atoms. The lowest BCUT2D eigenvalue weighted by Crippen LogP contribution is -2.19. The summed E-state index contributed by atoms with van der Waals surface area (Å²) >= 11 is 5.10. The van der Waals surface area contributed by atoms with E-state index in [1.807, 2.05) is 19.9 Å². The molecule has 2 rings (SSSR count). The Bertz CT molecular complexity index is 464. The fourth-order valence-electron chi connectivity index (χ4n) is 1.96. The summed E-state index contributed by atoms with van der Waals surface area (Å²) < 4.78 is 0. The lowest BCUT2D eigenvalue weighted by molar-refractivity contribution is 0.609. The molecule has 0 aliphatic heterocycles. The van der Waals surface area contributed by atoms with Crippen molar-refractivity contribution in [1.29, 1.82) is 0 Å². The second-order valence-electron chi connectivity index (χ2n) is 5.33. The monoisotopic (exact) mass is 249 g/mol. The van der Waals surface area contributed by atoms with Gasteiger partial charge in [0.1, 0.15) is 10.8 Å². The predicted octanol–water partition coefficient (Wildman–Crippen LogP) is 2.54. The summed E-state index contributed by atoms with van der Waals surface area (Å²) in [5.41, 5.74) is 9.18. The van der Waals surface area contributed by atoms with Gasteiger partial charge in [-0.2, -0.15) is 0 Å². The third-order valence-corrected chi connectivity index (χ3v) is 3.58. The van der Waals surface area contributed by atoms with Gasteiger partial charge >= 0.3 is 0 Å². The van der Waals surface area contributed by atoms with Crippen LogP contribution in [0.2, 0.25) is 0 Å². The Morgan fingerprint density at radius 2 is 2.18 bits per heavy atom. The van der Waals surface area contributed by atoms with Gasteiger partial charge in [-0.05, 0) is 43.7 Å². The number of hydrogen-bond acceptors (Lipinski definition) is 3. The highest BCUT2D eigenvalue weighted by Crippen LogP contribution is 2.44. The topological polar surface area (TPSA) is 50.9 Å². The summed E-state index contributed by atoms with van der Waals surface area (Å²) in [5.74, 6) is 0.836. The van der Waals surface area contributed by atoms with Crippen molar-refractivity contribution in [3.8, 4) is 0 Å². The lowest BCUT2D eigenvalue weighted by Gasteiger charge is -2.16. The molecule has 0 atom stereocenters. The van der Waals surface area contributed by atoms with Gasteiger partial charge in [0.05, 0.1) is 5.56 Å². The zero-order chi connectivity index (χ0) is 12.6. The molecular weight excluding hydrogens is 230 g/mol. The summed E-state index contributed by atoms with van der Waals surface area (Å²) in [6.45, 7) is 7.23. The van der Waals surface area contributed by atoms with Crippen LogP contribution in [-0.2, 0) is 0 Å². The highest BCUT2D eigenvalue weighted by molar-refractivity contribution is 7.80. The summed E-state index contributed by atoms with van der Waals surface area (Å²) in [6, 6.07) is 2.01. The van der Waals surface area contributed by atoms with Gasteiger partial charge < -0.3 is 11.1 Å². The molecule has 1 saturated carbocycles. The van der Waals surface area contributed by atoms with Gasteiger partial charge in [-0.25, -0.2) is 4.98 Å². The first kappa shape index (κ1) is 12.3. The van der Waals surface area contributed by atoms with Crippen molar-refractivity contribution in [2.24, 2.45) is 11.1 Å². The third-order valence-electron chi connectivity index (χ3n) is 3.38. The van der Waals surface area contributed by atoms with Crippen LogP contribution in [0.15, 0.2) is 6.07 Å². The number of nitrogens with one attached hydrogen (secondary N) is 1. The fraction of sp³-hybridized carbons (Fsp3) is 0.538. The zero-order valence-electron chi connectivity index (χ0n) is 10.6. The van der Waals surface area contributed by atoms with E-state index in [2.05, 4.69) is 17.2 Å². The number of anilines is 1. The molecular formula is C13H19N3S. The maximum Gasteiger partial charge on any atom is 0.136 e. The molecule has 92 valence electrons. The molecule has 0 spiro atoms. The Morgan fingerprint density at radius 3 is 2.71 bits per heavy atom. The van der Waals surface area contributed by atoms with Crippen molar-refractivity contribution in [2.45, 2.75) is 33.6 Å². The quantitative estimate of drug-likeness (QED) is 0.805. The standard InChI is InChI=1S/C13H19N3S/c1-8-6-9(2)16-12(10(8)11(14)17)15-7-13(3)4-5-13/h6H,4-5,7H2,1-3H3,(H2,14,17)(H,15,16). The van der Waals surface area contributed by atoms with Crippen LogP contribution in [0.3, 0.4) is 0 Å². The normalized spacial score (nSPS) is 16.6. The van der Waals surface area contributed by atoms with Gasteiger partial charge in [-0.3, -0.25) is 0 Å². The molecule has 0 saturated heterocycles. The minimum Gasteiger partial charge on any atom is -0.389 e. The van der Waals surface area contributed by atoms with E-state index in [1.54, 1.807) is 0 Å². The van der Waals surface area contributed by atoms with Crippen LogP contribution in [0.25, 0.3) is 0 Å². The van der Waals surface area contributed by atoms with Gasteiger partial charge in [0, 0.05) is 12.2 Å². The van der Waals surface area contributed by atoms with Crippen LogP contribution in [0.1, 0.15) is 36.6 Å². The second kappa shape index (κ2) is 4.26. The third kappa shape index (κ3) is 2.75. The number of rotatable bonds is 4. The average molecular weight is 249 g/mol. The maximum absolute atomic E-state index is 5.77. The van der Waals surface area contributed by atoms with Crippen molar-refractivity contribution in [1.82, 2.24) is 4.98 Å². The van der Waals surface area contributed by atoms with Gasteiger partial charge in [-0.15, -0.1) is 0 Å². The molecule has 1 aromatic rings. The number of pyridine rings is 1. The Balaban J connectivity index is 2.26. The van der Waals surface area contributed by atoms with Crippen LogP contribution in [0.5, 0.6) is 0 Å². The molecule has 3 N–H and O–H groups in total. The molecule has 3 nitrogen and oxygen atoms in total. The number of nitrogens with two attached hydrogens (primary N) is 1. The molecule has 0 aromatic carbocycles. The highest BCUT2D eigenvalue weighted by Gasteiger charge is 2.37. The van der Waals surface area contributed by atoms with Gasteiger partial charge in [0.25, 0.3) is 0 Å². The lowest BCUT2D eigenvalue weighted by atomic mass is 10.1. The smallest absolute Gasteiger partial charge is 0.136 e. The van der Waals surface area contributed by atoms with E-state index in [1.165, 1.54) is 12.8 Å². The van der Waals surface area contributed by atoms with Crippen LogP contribution < -0.4 is 11.1 Å². The van der Waals surface area contributed by atoms with Crippen LogP contribution in [0, 0.1) is 19.3 Å². The van der Waals surface area contributed by atoms with Crippen LogP contribution in [0.4, 0.5) is 5.82 Å². The van der Waals surface area contributed by atoms with Crippen molar-refractivity contribution in [3.63, 3.8) is 0 Å². The van der Waals surface area contributed by atoms with E-state index in [0.717, 1.165) is 29.2 Å². The molecule has 1 aliphatic rings. The fourth-order valence-corrected chi connectivity index (χ4v) is 2.22. The molecule has 1 aromatic heterocycles. The largest absolute Gasteiger partial charge is 0.389 e. The number of thiocarbonyl (C=S) groups is 1. The van der Waals surface area contributed by atoms with Crippen molar-refractivity contribution >= 4 is 23.0 Å². The Kier molecular flexibility index (Phi) is 3.08. The molecule has 0 bridgehead atoms. The first-order valence-corrected chi connectivity index (χ1v) is 6.34. The van der Waals surface area contributed by atoms with Gasteiger partial charge in [0.2, 0.25) is 0 Å². The number of aromatic nitrogens is 1. The Labute approximate surface area is 108 Å². The molecule has 0 unspecified atom stereocenters. The zero-order valence-corrected chi connectivity index (χ0v) is 11.4. The summed E-state index contributed by atoms with van der Waals surface area (Å²) in [4.78, 5) is 4.92. The van der Waals surface area contributed by atoms with E-state index >= 15 is 0 Å². The summed E-state index contributed by atoms with van der Waals surface area (Å²) in [6.07, 6.45) is 2.57.